The summed E-state index contributed by atoms with van der Waals surface area (Å²) in [6.07, 6.45) is 0.181. The summed E-state index contributed by atoms with van der Waals surface area (Å²) in [6, 6.07) is 6.89. The van der Waals surface area contributed by atoms with E-state index in [1.54, 1.807) is 43.1 Å². The standard InChI is InChI=1S/C12H18N2O2/c1-9(15)6-7-14(2)12(16)10-4-3-5-11(13)8-10/h3-5,8-9,15H,6-7,13H2,1-2H3. The molecule has 1 amide bonds. The van der Waals surface area contributed by atoms with Crippen molar-refractivity contribution in [3.8, 4) is 0 Å². The number of hydrogen-bond donors (Lipinski definition) is 2. The summed E-state index contributed by atoms with van der Waals surface area (Å²) in [5.74, 6) is -0.0760. The highest BCUT2D eigenvalue weighted by molar-refractivity contribution is 5.94. The second-order valence-corrected chi connectivity index (χ2v) is 3.99. The normalized spacial score (nSPS) is 12.2. The van der Waals surface area contributed by atoms with Crippen molar-refractivity contribution in [2.75, 3.05) is 19.3 Å². The van der Waals surface area contributed by atoms with Crippen molar-refractivity contribution in [2.45, 2.75) is 19.4 Å². The molecule has 4 nitrogen and oxygen atoms in total. The van der Waals surface area contributed by atoms with Gasteiger partial charge in [0.05, 0.1) is 6.10 Å². The summed E-state index contributed by atoms with van der Waals surface area (Å²) in [6.45, 7) is 2.24. The van der Waals surface area contributed by atoms with Gasteiger partial charge in [-0.05, 0) is 31.5 Å². The number of aliphatic hydroxyl groups excluding tert-OH is 1. The zero-order valence-corrected chi connectivity index (χ0v) is 9.68. The third kappa shape index (κ3) is 3.55. The van der Waals surface area contributed by atoms with Gasteiger partial charge in [-0.2, -0.15) is 0 Å². The predicted molar refractivity (Wildman–Crippen MR) is 64.1 cm³/mol. The summed E-state index contributed by atoms with van der Waals surface area (Å²) >= 11 is 0. The van der Waals surface area contributed by atoms with Gasteiger partial charge in [-0.25, -0.2) is 0 Å². The van der Waals surface area contributed by atoms with Crippen LogP contribution in [0.15, 0.2) is 24.3 Å². The number of nitrogen functional groups attached to an aromatic ring is 1. The highest BCUT2D eigenvalue weighted by Crippen LogP contribution is 2.09. The Morgan fingerprint density at radius 2 is 2.25 bits per heavy atom. The lowest BCUT2D eigenvalue weighted by molar-refractivity contribution is 0.0769. The highest BCUT2D eigenvalue weighted by atomic mass is 16.3. The molecule has 0 aromatic heterocycles. The SMILES string of the molecule is CC(O)CCN(C)C(=O)c1cccc(N)c1. The Hall–Kier alpha value is -1.55. The molecule has 1 atom stereocenters. The van der Waals surface area contributed by atoms with Crippen LogP contribution < -0.4 is 5.73 Å². The number of nitrogens with two attached hydrogens (primary N) is 1. The Morgan fingerprint density at radius 1 is 1.56 bits per heavy atom. The van der Waals surface area contributed by atoms with Crippen LogP contribution in [0.5, 0.6) is 0 Å². The number of nitrogens with zero attached hydrogens (tertiary/aromatic N) is 1. The van der Waals surface area contributed by atoms with E-state index in [-0.39, 0.29) is 5.91 Å². The third-order valence-electron chi connectivity index (χ3n) is 2.36. The van der Waals surface area contributed by atoms with E-state index in [0.717, 1.165) is 0 Å². The number of carbonyl (C=O) groups is 1. The van der Waals surface area contributed by atoms with Crippen molar-refractivity contribution in [1.82, 2.24) is 4.90 Å². The van der Waals surface area contributed by atoms with Crippen LogP contribution in [-0.4, -0.2) is 35.6 Å². The molecule has 1 aromatic rings. The van der Waals surface area contributed by atoms with Gasteiger partial charge in [0, 0.05) is 24.8 Å². The second kappa shape index (κ2) is 5.51. The summed E-state index contributed by atoms with van der Waals surface area (Å²) < 4.78 is 0. The van der Waals surface area contributed by atoms with Crippen LogP contribution >= 0.6 is 0 Å². The molecule has 16 heavy (non-hydrogen) atoms. The lowest BCUT2D eigenvalue weighted by Gasteiger charge is -2.18. The lowest BCUT2D eigenvalue weighted by Crippen LogP contribution is -2.29. The van der Waals surface area contributed by atoms with Gasteiger partial charge in [-0.3, -0.25) is 4.79 Å². The van der Waals surface area contributed by atoms with Crippen molar-refractivity contribution >= 4 is 11.6 Å². The zero-order chi connectivity index (χ0) is 12.1. The maximum atomic E-state index is 11.9. The maximum absolute atomic E-state index is 11.9. The van der Waals surface area contributed by atoms with E-state index in [4.69, 9.17) is 10.8 Å². The van der Waals surface area contributed by atoms with Gasteiger partial charge < -0.3 is 15.7 Å². The van der Waals surface area contributed by atoms with Gasteiger partial charge >= 0.3 is 0 Å². The number of carbonyl (C=O) groups excluding carboxylic acids is 1. The van der Waals surface area contributed by atoms with Crippen LogP contribution in [0.2, 0.25) is 0 Å². The summed E-state index contributed by atoms with van der Waals surface area (Å²) in [4.78, 5) is 13.5. The molecular formula is C12H18N2O2. The molecule has 4 heteroatoms. The summed E-state index contributed by atoms with van der Waals surface area (Å²) in [7, 11) is 1.72. The van der Waals surface area contributed by atoms with E-state index >= 15 is 0 Å². The van der Waals surface area contributed by atoms with Gasteiger partial charge in [0.25, 0.3) is 5.91 Å². The number of rotatable bonds is 4. The van der Waals surface area contributed by atoms with E-state index in [1.165, 1.54) is 0 Å². The smallest absolute Gasteiger partial charge is 0.253 e. The van der Waals surface area contributed by atoms with Gasteiger partial charge in [-0.15, -0.1) is 0 Å². The van der Waals surface area contributed by atoms with E-state index in [0.29, 0.717) is 24.2 Å². The van der Waals surface area contributed by atoms with Crippen LogP contribution in [0, 0.1) is 0 Å². The molecule has 3 N–H and O–H groups in total. The molecule has 0 radical (unpaired) electrons. The summed E-state index contributed by atoms with van der Waals surface area (Å²) in [5.41, 5.74) is 6.76. The first-order valence-electron chi connectivity index (χ1n) is 5.30. The Bertz CT molecular complexity index is 364. The summed E-state index contributed by atoms with van der Waals surface area (Å²) in [5, 5.41) is 9.14. The molecule has 0 fully saturated rings. The first-order chi connectivity index (χ1) is 7.50. The van der Waals surface area contributed by atoms with E-state index in [1.807, 2.05) is 0 Å². The molecule has 1 unspecified atom stereocenters. The van der Waals surface area contributed by atoms with Crippen molar-refractivity contribution in [1.29, 1.82) is 0 Å². The number of hydrogen-bond acceptors (Lipinski definition) is 3. The molecule has 0 aliphatic carbocycles. The molecule has 1 aromatic carbocycles. The second-order valence-electron chi connectivity index (χ2n) is 3.99. The zero-order valence-electron chi connectivity index (χ0n) is 9.68. The van der Waals surface area contributed by atoms with E-state index in [2.05, 4.69) is 0 Å². The number of anilines is 1. The number of benzene rings is 1. The molecule has 0 bridgehead atoms. The fraction of sp³-hybridized carbons (Fsp3) is 0.417. The minimum atomic E-state index is -0.393. The Labute approximate surface area is 95.7 Å². The van der Waals surface area contributed by atoms with Crippen LogP contribution in [-0.2, 0) is 0 Å². The van der Waals surface area contributed by atoms with Gasteiger partial charge in [0.1, 0.15) is 0 Å². The molecule has 0 aliphatic rings. The average Bonchev–Trinajstić information content (AvgIpc) is 2.24. The molecule has 0 saturated heterocycles. The van der Waals surface area contributed by atoms with Gasteiger partial charge in [-0.1, -0.05) is 6.07 Å². The minimum Gasteiger partial charge on any atom is -0.399 e. The van der Waals surface area contributed by atoms with Crippen molar-refractivity contribution in [3.05, 3.63) is 29.8 Å². The van der Waals surface area contributed by atoms with Crippen LogP contribution in [0.1, 0.15) is 23.7 Å². The maximum Gasteiger partial charge on any atom is 0.253 e. The average molecular weight is 222 g/mol. The topological polar surface area (TPSA) is 66.6 Å². The van der Waals surface area contributed by atoms with Crippen LogP contribution in [0.25, 0.3) is 0 Å². The minimum absolute atomic E-state index is 0.0760. The van der Waals surface area contributed by atoms with Crippen LogP contribution in [0.3, 0.4) is 0 Å². The molecular weight excluding hydrogens is 204 g/mol. The van der Waals surface area contributed by atoms with Crippen molar-refractivity contribution in [3.63, 3.8) is 0 Å². The Kier molecular flexibility index (Phi) is 4.31. The van der Waals surface area contributed by atoms with E-state index in [9.17, 15) is 4.79 Å². The monoisotopic (exact) mass is 222 g/mol. The molecule has 0 spiro atoms. The van der Waals surface area contributed by atoms with Crippen molar-refractivity contribution in [2.24, 2.45) is 0 Å². The fourth-order valence-corrected chi connectivity index (χ4v) is 1.37. The predicted octanol–water partition coefficient (Wildman–Crippen LogP) is 1.11. The van der Waals surface area contributed by atoms with Gasteiger partial charge in [0.15, 0.2) is 0 Å². The first kappa shape index (κ1) is 12.5. The quantitative estimate of drug-likeness (QED) is 0.750. The Balaban J connectivity index is 2.63. The third-order valence-corrected chi connectivity index (χ3v) is 2.36. The first-order valence-corrected chi connectivity index (χ1v) is 5.30. The number of aliphatic hydroxyl groups is 1. The van der Waals surface area contributed by atoms with Crippen molar-refractivity contribution < 1.29 is 9.90 Å². The molecule has 1 rings (SSSR count). The van der Waals surface area contributed by atoms with Gasteiger partial charge in [0.2, 0.25) is 0 Å². The molecule has 0 heterocycles. The molecule has 88 valence electrons. The Morgan fingerprint density at radius 3 is 2.81 bits per heavy atom. The van der Waals surface area contributed by atoms with Crippen LogP contribution in [0.4, 0.5) is 5.69 Å². The largest absolute Gasteiger partial charge is 0.399 e. The molecule has 0 aliphatic heterocycles. The van der Waals surface area contributed by atoms with E-state index < -0.39 is 6.10 Å². The highest BCUT2D eigenvalue weighted by Gasteiger charge is 2.11. The fourth-order valence-electron chi connectivity index (χ4n) is 1.37. The number of amides is 1. The molecule has 0 saturated carbocycles. The lowest BCUT2D eigenvalue weighted by atomic mass is 10.1.